The minimum atomic E-state index is -0.941. The molecule has 696 valence electrons. The molecular weight excluding hydrogens is 2740 g/mol. The van der Waals surface area contributed by atoms with Crippen molar-refractivity contribution in [3.8, 4) is 0 Å². The van der Waals surface area contributed by atoms with E-state index in [-0.39, 0.29) is 261 Å². The molecule has 0 radical (unpaired) electrons. The van der Waals surface area contributed by atoms with Crippen molar-refractivity contribution in [1.29, 1.82) is 0 Å². The predicted octanol–water partition coefficient (Wildman–Crippen LogP) is 6.35. The van der Waals surface area contributed by atoms with E-state index >= 15 is 0 Å². The minimum absolute atomic E-state index is 0. The first-order chi connectivity index (χ1) is 59.1. The van der Waals surface area contributed by atoms with E-state index in [1.54, 1.807) is 116 Å². The summed E-state index contributed by atoms with van der Waals surface area (Å²) >= 11 is 0. The van der Waals surface area contributed by atoms with Crippen LogP contribution in [0.5, 0.6) is 0 Å². The minimum Gasteiger partial charge on any atom is -0.684 e. The number of aromatic nitrogens is 1. The zero-order chi connectivity index (χ0) is 93.2. The number of nitrogens with zero attached hydrogens (tertiary/aromatic N) is 7. The standard InChI is InChI=1S/4C12H10FN2O3.C12H11N2O3.C11H10N3O3.6C2H6O.6W/c13-8-3-1-7(2-4-8)11(17)14-9-5-6-10(16)15-12(9)18;2*13-8-3-1-2-7(6-8)11(17)14-9-4-5-10(16)15-12(9)18;13-8-4-2-1-3-7(8)11(17)14-9-5-6-10(16)15-12(9)18;15-10-7-6-9(12(17)14-10)13-11(16)8-4-2-1-3-5-8;15-9-4-3-8(11(17)14-9)13-10(16)7-2-1-5-12-6-7;6*1-3-2;;;;;;/h1,3-4,9H,5-6H2,(H2,14,15,16,17,18);1,3,6,9H,4-5H2,(H2,14,15,16,17,18);1-3,9H,4-5H2,(H2,14,15,16,17,18);1-2,4,9H,5-6H2,(H2,14,15,16,17,18);1-4,9H,6-7H2,(H2,13,14,15,16,17);1-2,5,8H,3-4H2,(H2,13,14,15,16,17);6*1-2H3;;;;;;/q6*-1;;;;;;;6*+2/p-6. The van der Waals surface area contributed by atoms with E-state index < -0.39 is 136 Å². The summed E-state index contributed by atoms with van der Waals surface area (Å²) in [5, 5.41) is 34.8. The molecule has 6 saturated heterocycles. The van der Waals surface area contributed by atoms with Crippen LogP contribution in [0.2, 0.25) is 0 Å². The van der Waals surface area contributed by atoms with Crippen molar-refractivity contribution in [3.05, 3.63) is 240 Å². The van der Waals surface area contributed by atoms with E-state index in [1.807, 2.05) is 0 Å². The van der Waals surface area contributed by atoms with Crippen LogP contribution in [-0.2, 0) is 212 Å². The van der Waals surface area contributed by atoms with E-state index in [0.717, 1.165) is 36.4 Å². The second-order valence-electron chi connectivity index (χ2n) is 24.9. The zero-order valence-corrected chi connectivity index (χ0v) is 89.4. The van der Waals surface area contributed by atoms with Crippen LogP contribution >= 0.6 is 0 Å². The fourth-order valence-corrected chi connectivity index (χ4v) is 9.31. The van der Waals surface area contributed by atoms with Crippen molar-refractivity contribution in [2.24, 2.45) is 0 Å². The molecule has 6 unspecified atom stereocenters. The zero-order valence-electron chi connectivity index (χ0n) is 71.8. The first kappa shape index (κ1) is 131. The Labute approximate surface area is 834 Å². The number of hydrogen-bond acceptors (Lipinski definition) is 25. The Morgan fingerprint density at radius 1 is 0.323 bits per heavy atom. The molecule has 130 heavy (non-hydrogen) atoms. The average molecular weight is 2830 g/mol. The van der Waals surface area contributed by atoms with E-state index in [0.29, 0.717) is 5.56 Å². The van der Waals surface area contributed by atoms with Crippen LogP contribution in [0.1, 0.15) is 139 Å². The first-order valence-corrected chi connectivity index (χ1v) is 36.5. The third-order valence-corrected chi connectivity index (χ3v) is 14.7. The number of ether oxygens (including phenoxy) is 6. The molecule has 6 aliphatic heterocycles. The van der Waals surface area contributed by atoms with Crippen molar-refractivity contribution < 1.29 is 259 Å². The van der Waals surface area contributed by atoms with Crippen LogP contribution in [0.25, 0.3) is 31.9 Å². The Bertz CT molecular complexity index is 4360. The largest absolute Gasteiger partial charge is 2.00 e. The van der Waals surface area contributed by atoms with Gasteiger partial charge in [-0.2, -0.15) is 0 Å². The Morgan fingerprint density at radius 2 is 0.631 bits per heavy atom. The van der Waals surface area contributed by atoms with Crippen LogP contribution in [0.4, 0.5) is 17.6 Å². The number of rotatable bonds is 12. The number of nitrogens with one attached hydrogen (secondary N) is 6. The number of methoxy groups -OCH3 is 6. The van der Waals surface area contributed by atoms with Gasteiger partial charge in [-0.25, -0.2) is 8.78 Å². The van der Waals surface area contributed by atoms with Gasteiger partial charge in [-0.1, -0.05) is 11.8 Å². The molecular formula is C83H91F4N13O24W6. The third kappa shape index (κ3) is 54.4. The van der Waals surface area contributed by atoms with Crippen LogP contribution < -0.4 is 31.9 Å². The molecule has 47 heteroatoms. The Hall–Kier alpha value is -9.48. The van der Waals surface area contributed by atoms with Gasteiger partial charge in [0.05, 0.1) is 0 Å². The summed E-state index contributed by atoms with van der Waals surface area (Å²) in [4.78, 5) is 207. The Morgan fingerprint density at radius 3 is 0.931 bits per heavy atom. The molecule has 6 aromatic rings. The van der Waals surface area contributed by atoms with Gasteiger partial charge in [0.1, 0.15) is 0 Å². The predicted molar refractivity (Wildman–Crippen MR) is 430 cm³/mol. The number of hydrogen-bond donors (Lipinski definition) is 6. The van der Waals surface area contributed by atoms with Gasteiger partial charge in [0.15, 0.2) is 0 Å². The van der Waals surface area contributed by atoms with Gasteiger partial charge in [-0.15, -0.1) is 167 Å². The average Bonchev–Trinajstić information content (AvgIpc) is 0.839. The van der Waals surface area contributed by atoms with Crippen LogP contribution in [0, 0.1) is 59.8 Å². The monoisotopic (exact) mass is 2830 g/mol. The molecule has 6 fully saturated rings. The van der Waals surface area contributed by atoms with Crippen molar-refractivity contribution in [3.63, 3.8) is 0 Å². The number of amides is 18. The summed E-state index contributed by atoms with van der Waals surface area (Å²) in [5.41, 5.74) is 0.220. The molecule has 6 atom stereocenters. The smallest absolute Gasteiger partial charge is 0.684 e. The first-order valence-electron chi connectivity index (χ1n) is 36.5. The quantitative estimate of drug-likeness (QED) is 0.0441. The Balaban J connectivity index is -0.000000338. The van der Waals surface area contributed by atoms with E-state index in [9.17, 15) is 104 Å². The number of carbonyl (C=O) groups excluding carboxylic acids is 18. The van der Waals surface area contributed by atoms with E-state index in [2.05, 4.69) is 134 Å². The molecule has 7 heterocycles. The SMILES string of the molecule is COC.COC.COC.COC.COC.COC.O=C1CCC([N-]C(=O)c2[c-]c(F)ccc2)C(=O)N1.O=C1CCC([N-]C(=O)c2[c-]cc(F)cc2)C(=O)N1.O=C1CCC([N-]C(=O)c2[c-]ccc(F)c2)C(=O)N1.O=C1CCC([N-]C(=O)c2[c-]cccc2)C(=O)N1.O=C1CCC([N-]C(=O)c2[c-]cccc2F)C(=O)N1.O=C1CCC([N-]C(=O)c2[c-]nccc2)C(=O)N1.[W+2].[W+2].[W+2].[W+2].[W+2].[W+2]. The second-order valence-corrected chi connectivity index (χ2v) is 24.9. The van der Waals surface area contributed by atoms with E-state index in [4.69, 9.17) is 0 Å². The number of piperidine rings is 6. The van der Waals surface area contributed by atoms with Crippen LogP contribution in [-0.4, -0.2) is 233 Å². The summed E-state index contributed by atoms with van der Waals surface area (Å²) in [6.07, 6.45) is 6.22. The fourth-order valence-electron chi connectivity index (χ4n) is 9.31. The fraction of sp³-hybridized carbons (Fsp3) is 0.361. The summed E-state index contributed by atoms with van der Waals surface area (Å²) in [7, 11) is 19.5. The van der Waals surface area contributed by atoms with Crippen LogP contribution in [0.15, 0.2) is 115 Å². The maximum absolute atomic E-state index is 13.3. The number of halogens is 4. The third-order valence-electron chi connectivity index (χ3n) is 14.7. The Kier molecular flexibility index (Phi) is 76.9. The number of benzene rings is 5. The number of imide groups is 6. The van der Waals surface area contributed by atoms with Crippen molar-refractivity contribution in [2.45, 2.75) is 113 Å². The maximum atomic E-state index is 13.3. The molecule has 6 aliphatic rings. The molecule has 5 aromatic carbocycles. The molecule has 18 amide bonds. The number of pyridine rings is 1. The second kappa shape index (κ2) is 76.1. The maximum Gasteiger partial charge on any atom is 2.00 e. The summed E-state index contributed by atoms with van der Waals surface area (Å²) in [6.45, 7) is 0. The van der Waals surface area contributed by atoms with E-state index in [1.165, 1.54) is 48.7 Å². The van der Waals surface area contributed by atoms with Gasteiger partial charge < -0.3 is 94.1 Å². The van der Waals surface area contributed by atoms with Crippen LogP contribution in [0.3, 0.4) is 0 Å². The topological polar surface area (TPSA) is 532 Å². The van der Waals surface area contributed by atoms with Crippen molar-refractivity contribution in [1.82, 2.24) is 36.9 Å². The molecule has 0 bridgehead atoms. The van der Waals surface area contributed by atoms with Gasteiger partial charge in [-0.3, -0.25) is 98.2 Å². The van der Waals surface area contributed by atoms with Crippen molar-refractivity contribution in [2.75, 3.05) is 85.3 Å². The molecule has 0 saturated carbocycles. The molecule has 12 rings (SSSR count). The number of carbonyl (C=O) groups is 18. The molecule has 6 N–H and O–H groups in total. The van der Waals surface area contributed by atoms with Crippen molar-refractivity contribution >= 4 is 106 Å². The molecule has 0 aliphatic carbocycles. The van der Waals surface area contributed by atoms with Gasteiger partial charge in [-0.05, 0) is 116 Å². The molecule has 1 aromatic heterocycles. The van der Waals surface area contributed by atoms with Gasteiger partial charge >= 0.3 is 126 Å². The summed E-state index contributed by atoms with van der Waals surface area (Å²) in [5.74, 6) is -12.1. The molecule has 0 spiro atoms. The summed E-state index contributed by atoms with van der Waals surface area (Å²) < 4.78 is 77.2. The van der Waals surface area contributed by atoms with Gasteiger partial charge in [0, 0.05) is 147 Å². The van der Waals surface area contributed by atoms with Gasteiger partial charge in [0.2, 0.25) is 70.9 Å². The summed E-state index contributed by atoms with van der Waals surface area (Å²) in [6, 6.07) is 31.5. The van der Waals surface area contributed by atoms with Gasteiger partial charge in [0.25, 0.3) is 0 Å². The molecule has 37 nitrogen and oxygen atoms in total. The normalized spacial score (nSPS) is 16.6.